The SMILES string of the molecule is CC1Cc2ccccc2N1C1CCNC1. The van der Waals surface area contributed by atoms with E-state index >= 15 is 0 Å². The average molecular weight is 202 g/mol. The Morgan fingerprint density at radius 3 is 3.00 bits per heavy atom. The van der Waals surface area contributed by atoms with Crippen LogP contribution >= 0.6 is 0 Å². The Labute approximate surface area is 91.3 Å². The van der Waals surface area contributed by atoms with Crippen LogP contribution in [0.3, 0.4) is 0 Å². The van der Waals surface area contributed by atoms with Gasteiger partial charge in [-0.15, -0.1) is 0 Å². The zero-order valence-corrected chi connectivity index (χ0v) is 9.24. The van der Waals surface area contributed by atoms with Crippen molar-refractivity contribution in [2.45, 2.75) is 31.8 Å². The number of para-hydroxylation sites is 1. The number of rotatable bonds is 1. The van der Waals surface area contributed by atoms with Crippen LogP contribution < -0.4 is 10.2 Å². The molecule has 0 amide bonds. The molecule has 1 aromatic carbocycles. The second-order valence-electron chi connectivity index (χ2n) is 4.74. The van der Waals surface area contributed by atoms with Crippen molar-refractivity contribution in [1.82, 2.24) is 5.32 Å². The first-order valence-electron chi connectivity index (χ1n) is 5.93. The summed E-state index contributed by atoms with van der Waals surface area (Å²) in [5, 5.41) is 3.46. The summed E-state index contributed by atoms with van der Waals surface area (Å²) < 4.78 is 0. The molecule has 15 heavy (non-hydrogen) atoms. The van der Waals surface area contributed by atoms with E-state index < -0.39 is 0 Å². The summed E-state index contributed by atoms with van der Waals surface area (Å²) in [6.45, 7) is 4.67. The Morgan fingerprint density at radius 1 is 1.33 bits per heavy atom. The van der Waals surface area contributed by atoms with Crippen molar-refractivity contribution in [3.63, 3.8) is 0 Å². The van der Waals surface area contributed by atoms with Gasteiger partial charge in [-0.1, -0.05) is 18.2 Å². The van der Waals surface area contributed by atoms with Crippen LogP contribution in [-0.4, -0.2) is 25.2 Å². The number of anilines is 1. The summed E-state index contributed by atoms with van der Waals surface area (Å²) in [6.07, 6.45) is 2.51. The molecule has 2 unspecified atom stereocenters. The number of fused-ring (bicyclic) bond motifs is 1. The number of nitrogens with one attached hydrogen (secondary N) is 1. The van der Waals surface area contributed by atoms with Crippen molar-refractivity contribution in [2.24, 2.45) is 0 Å². The number of hydrogen-bond acceptors (Lipinski definition) is 2. The van der Waals surface area contributed by atoms with E-state index in [2.05, 4.69) is 41.4 Å². The molecule has 3 rings (SSSR count). The van der Waals surface area contributed by atoms with E-state index in [0.29, 0.717) is 12.1 Å². The molecule has 0 bridgehead atoms. The number of hydrogen-bond donors (Lipinski definition) is 1. The Kier molecular flexibility index (Phi) is 2.17. The minimum atomic E-state index is 0.673. The van der Waals surface area contributed by atoms with Gasteiger partial charge in [0.1, 0.15) is 0 Å². The maximum Gasteiger partial charge on any atom is 0.0429 e. The van der Waals surface area contributed by atoms with Gasteiger partial charge < -0.3 is 10.2 Å². The minimum absolute atomic E-state index is 0.673. The van der Waals surface area contributed by atoms with Gasteiger partial charge in [-0.2, -0.15) is 0 Å². The normalized spacial score (nSPS) is 29.5. The van der Waals surface area contributed by atoms with E-state index in [4.69, 9.17) is 0 Å². The van der Waals surface area contributed by atoms with Crippen LogP contribution in [0.1, 0.15) is 18.9 Å². The summed E-state index contributed by atoms with van der Waals surface area (Å²) in [7, 11) is 0. The number of nitrogens with zero attached hydrogens (tertiary/aromatic N) is 1. The highest BCUT2D eigenvalue weighted by molar-refractivity contribution is 5.60. The Hall–Kier alpha value is -1.02. The third-order valence-electron chi connectivity index (χ3n) is 3.69. The summed E-state index contributed by atoms with van der Waals surface area (Å²) in [5.41, 5.74) is 3.00. The highest BCUT2D eigenvalue weighted by Gasteiger charge is 2.32. The first-order chi connectivity index (χ1) is 7.36. The second kappa shape index (κ2) is 3.53. The minimum Gasteiger partial charge on any atom is -0.364 e. The van der Waals surface area contributed by atoms with Crippen LogP contribution in [-0.2, 0) is 6.42 Å². The molecule has 80 valence electrons. The maximum absolute atomic E-state index is 3.46. The lowest BCUT2D eigenvalue weighted by Gasteiger charge is -2.31. The van der Waals surface area contributed by atoms with Crippen molar-refractivity contribution < 1.29 is 0 Å². The summed E-state index contributed by atoms with van der Waals surface area (Å²) in [5.74, 6) is 0. The van der Waals surface area contributed by atoms with Crippen molar-refractivity contribution in [2.75, 3.05) is 18.0 Å². The van der Waals surface area contributed by atoms with Gasteiger partial charge in [0.05, 0.1) is 0 Å². The van der Waals surface area contributed by atoms with Crippen LogP contribution in [0.4, 0.5) is 5.69 Å². The third kappa shape index (κ3) is 1.44. The molecule has 2 heterocycles. The Bertz CT molecular complexity index is 355. The molecule has 0 aliphatic carbocycles. The molecule has 1 saturated heterocycles. The lowest BCUT2D eigenvalue weighted by atomic mass is 10.1. The van der Waals surface area contributed by atoms with Gasteiger partial charge in [0, 0.05) is 24.3 Å². The first-order valence-corrected chi connectivity index (χ1v) is 5.93. The quantitative estimate of drug-likeness (QED) is 0.747. The maximum atomic E-state index is 3.46. The van der Waals surface area contributed by atoms with Gasteiger partial charge in [-0.3, -0.25) is 0 Å². The highest BCUT2D eigenvalue weighted by atomic mass is 15.2. The third-order valence-corrected chi connectivity index (χ3v) is 3.69. The molecule has 1 aromatic rings. The van der Waals surface area contributed by atoms with E-state index in [1.807, 2.05) is 0 Å². The molecule has 2 nitrogen and oxygen atoms in total. The molecule has 0 radical (unpaired) electrons. The van der Waals surface area contributed by atoms with Gasteiger partial charge in [0.15, 0.2) is 0 Å². The summed E-state index contributed by atoms with van der Waals surface area (Å²) in [6, 6.07) is 10.2. The molecule has 1 N–H and O–H groups in total. The molecule has 0 spiro atoms. The van der Waals surface area contributed by atoms with Crippen LogP contribution in [0.15, 0.2) is 24.3 Å². The van der Waals surface area contributed by atoms with Gasteiger partial charge >= 0.3 is 0 Å². The van der Waals surface area contributed by atoms with E-state index in [0.717, 1.165) is 6.54 Å². The lowest BCUT2D eigenvalue weighted by Crippen LogP contribution is -2.40. The fourth-order valence-electron chi connectivity index (χ4n) is 3.02. The van der Waals surface area contributed by atoms with Gasteiger partial charge in [-0.25, -0.2) is 0 Å². The van der Waals surface area contributed by atoms with Crippen LogP contribution in [0.2, 0.25) is 0 Å². The molecule has 2 heteroatoms. The number of benzene rings is 1. The summed E-state index contributed by atoms with van der Waals surface area (Å²) in [4.78, 5) is 2.62. The Morgan fingerprint density at radius 2 is 2.20 bits per heavy atom. The molecule has 1 fully saturated rings. The molecule has 0 saturated carbocycles. The fraction of sp³-hybridized carbons (Fsp3) is 0.538. The van der Waals surface area contributed by atoms with E-state index in [-0.39, 0.29) is 0 Å². The van der Waals surface area contributed by atoms with Crippen molar-refractivity contribution in [1.29, 1.82) is 0 Å². The van der Waals surface area contributed by atoms with E-state index in [9.17, 15) is 0 Å². The smallest absolute Gasteiger partial charge is 0.0429 e. The average Bonchev–Trinajstić information content (AvgIpc) is 2.82. The molecular weight excluding hydrogens is 184 g/mol. The molecule has 2 atom stereocenters. The van der Waals surface area contributed by atoms with E-state index in [1.165, 1.54) is 30.6 Å². The largest absolute Gasteiger partial charge is 0.364 e. The second-order valence-corrected chi connectivity index (χ2v) is 4.74. The van der Waals surface area contributed by atoms with Crippen LogP contribution in [0.5, 0.6) is 0 Å². The van der Waals surface area contributed by atoms with Crippen molar-refractivity contribution >= 4 is 5.69 Å². The molecule has 2 aliphatic rings. The van der Waals surface area contributed by atoms with Gasteiger partial charge in [0.2, 0.25) is 0 Å². The molecular formula is C13H18N2. The van der Waals surface area contributed by atoms with Crippen molar-refractivity contribution in [3.8, 4) is 0 Å². The lowest BCUT2D eigenvalue weighted by molar-refractivity contribution is 0.573. The van der Waals surface area contributed by atoms with Crippen molar-refractivity contribution in [3.05, 3.63) is 29.8 Å². The first kappa shape index (κ1) is 9.22. The van der Waals surface area contributed by atoms with Gasteiger partial charge in [0.25, 0.3) is 0 Å². The van der Waals surface area contributed by atoms with E-state index in [1.54, 1.807) is 0 Å². The fourth-order valence-corrected chi connectivity index (χ4v) is 3.02. The van der Waals surface area contributed by atoms with Crippen LogP contribution in [0.25, 0.3) is 0 Å². The highest BCUT2D eigenvalue weighted by Crippen LogP contribution is 2.34. The Balaban J connectivity index is 1.94. The topological polar surface area (TPSA) is 15.3 Å². The predicted molar refractivity (Wildman–Crippen MR) is 63.4 cm³/mol. The molecule has 0 aromatic heterocycles. The predicted octanol–water partition coefficient (Wildman–Crippen LogP) is 1.80. The zero-order chi connectivity index (χ0) is 10.3. The van der Waals surface area contributed by atoms with Crippen LogP contribution in [0, 0.1) is 0 Å². The van der Waals surface area contributed by atoms with Gasteiger partial charge in [-0.05, 0) is 37.9 Å². The standard InChI is InChI=1S/C13H18N2/c1-10-8-11-4-2-3-5-13(11)15(10)12-6-7-14-9-12/h2-5,10,12,14H,6-9H2,1H3. The molecule has 2 aliphatic heterocycles. The summed E-state index contributed by atoms with van der Waals surface area (Å²) >= 11 is 0. The zero-order valence-electron chi connectivity index (χ0n) is 9.24. The monoisotopic (exact) mass is 202 g/mol.